The van der Waals surface area contributed by atoms with Gasteiger partial charge in [-0.25, -0.2) is 9.07 Å². The lowest BCUT2D eigenvalue weighted by Crippen LogP contribution is -2.50. The number of benzene rings is 1. The van der Waals surface area contributed by atoms with Crippen molar-refractivity contribution >= 4 is 5.91 Å². The summed E-state index contributed by atoms with van der Waals surface area (Å²) in [6.07, 6.45) is 7.26. The summed E-state index contributed by atoms with van der Waals surface area (Å²) in [6, 6.07) is 10.1. The third-order valence-electron chi connectivity index (χ3n) is 6.57. The summed E-state index contributed by atoms with van der Waals surface area (Å²) in [7, 11) is 0. The second-order valence-corrected chi connectivity index (χ2v) is 8.53. The highest BCUT2D eigenvalue weighted by Gasteiger charge is 2.34. The topological polar surface area (TPSA) is 80.3 Å². The maximum atomic E-state index is 13.7. The largest absolute Gasteiger partial charge is 0.459 e. The summed E-state index contributed by atoms with van der Waals surface area (Å²) < 4.78 is 20.9. The highest BCUT2D eigenvalue weighted by Crippen LogP contribution is 2.33. The van der Waals surface area contributed by atoms with E-state index in [9.17, 15) is 9.18 Å². The number of aromatic nitrogens is 4. The molecule has 3 heterocycles. The summed E-state index contributed by atoms with van der Waals surface area (Å²) in [6.45, 7) is 2.46. The van der Waals surface area contributed by atoms with Crippen molar-refractivity contribution in [3.63, 3.8) is 0 Å². The number of tetrazole rings is 1. The van der Waals surface area contributed by atoms with Crippen LogP contribution >= 0.6 is 0 Å². The number of furan rings is 1. The number of carbonyl (C=O) groups is 1. The van der Waals surface area contributed by atoms with E-state index >= 15 is 0 Å². The molecule has 1 aliphatic heterocycles. The van der Waals surface area contributed by atoms with Crippen LogP contribution in [-0.4, -0.2) is 62.1 Å². The van der Waals surface area contributed by atoms with Gasteiger partial charge < -0.3 is 9.32 Å². The van der Waals surface area contributed by atoms with Gasteiger partial charge in [0.2, 0.25) is 0 Å². The normalized spacial score (nSPS) is 19.2. The third-order valence-corrected chi connectivity index (χ3v) is 6.57. The van der Waals surface area contributed by atoms with Crippen LogP contribution in [-0.2, 0) is 0 Å². The summed E-state index contributed by atoms with van der Waals surface area (Å²) in [4.78, 5) is 16.8. The number of carbonyl (C=O) groups excluding carboxylic acids is 1. The molecule has 1 unspecified atom stereocenters. The van der Waals surface area contributed by atoms with Crippen LogP contribution in [0.5, 0.6) is 0 Å². The van der Waals surface area contributed by atoms with Crippen molar-refractivity contribution in [1.82, 2.24) is 30.0 Å². The molecular weight excluding hydrogens is 411 g/mol. The van der Waals surface area contributed by atoms with E-state index < -0.39 is 0 Å². The maximum Gasteiger partial charge on any atom is 0.289 e. The molecule has 1 saturated heterocycles. The van der Waals surface area contributed by atoms with Crippen molar-refractivity contribution in [2.75, 3.05) is 26.2 Å². The van der Waals surface area contributed by atoms with E-state index in [1.165, 1.54) is 37.7 Å². The molecule has 168 valence electrons. The Hall–Kier alpha value is -3.07. The van der Waals surface area contributed by atoms with E-state index in [-0.39, 0.29) is 17.8 Å². The van der Waals surface area contributed by atoms with E-state index in [0.717, 1.165) is 24.2 Å². The quantitative estimate of drug-likeness (QED) is 0.607. The van der Waals surface area contributed by atoms with Gasteiger partial charge in [0.25, 0.3) is 5.91 Å². The SMILES string of the molecule is O=C(c1ccco1)N1CCN(C(c2ccc(F)cc2)c2nnnn2C2CCCCC2)CC1. The van der Waals surface area contributed by atoms with E-state index in [4.69, 9.17) is 4.42 Å². The minimum atomic E-state index is -0.270. The van der Waals surface area contributed by atoms with Crippen LogP contribution in [0.25, 0.3) is 0 Å². The molecule has 8 nitrogen and oxygen atoms in total. The fourth-order valence-electron chi connectivity index (χ4n) is 4.87. The Balaban J connectivity index is 1.40. The van der Waals surface area contributed by atoms with Gasteiger partial charge in [-0.1, -0.05) is 31.4 Å². The number of hydrogen-bond acceptors (Lipinski definition) is 6. The number of nitrogens with zero attached hydrogens (tertiary/aromatic N) is 6. The molecule has 5 rings (SSSR count). The van der Waals surface area contributed by atoms with Crippen molar-refractivity contribution in [2.24, 2.45) is 0 Å². The summed E-state index contributed by atoms with van der Waals surface area (Å²) >= 11 is 0. The first-order valence-corrected chi connectivity index (χ1v) is 11.3. The van der Waals surface area contributed by atoms with Crippen molar-refractivity contribution in [3.05, 3.63) is 65.6 Å². The Morgan fingerprint density at radius 2 is 1.78 bits per heavy atom. The lowest BCUT2D eigenvalue weighted by atomic mass is 9.95. The molecule has 1 amide bonds. The zero-order valence-corrected chi connectivity index (χ0v) is 17.9. The lowest BCUT2D eigenvalue weighted by Gasteiger charge is -2.39. The van der Waals surface area contributed by atoms with E-state index in [1.807, 2.05) is 4.68 Å². The van der Waals surface area contributed by atoms with Gasteiger partial charge in [-0.3, -0.25) is 9.69 Å². The molecular formula is C23H27FN6O2. The Bertz CT molecular complexity index is 1020. The van der Waals surface area contributed by atoms with Crippen LogP contribution in [0.1, 0.15) is 66.1 Å². The van der Waals surface area contributed by atoms with Gasteiger partial charge in [-0.15, -0.1) is 5.10 Å². The molecule has 1 atom stereocenters. The predicted octanol–water partition coefficient (Wildman–Crippen LogP) is 3.46. The van der Waals surface area contributed by atoms with Crippen LogP contribution in [0.15, 0.2) is 47.1 Å². The zero-order valence-electron chi connectivity index (χ0n) is 17.9. The van der Waals surface area contributed by atoms with Crippen LogP contribution in [0.2, 0.25) is 0 Å². The van der Waals surface area contributed by atoms with Gasteiger partial charge in [-0.05, 0) is 53.1 Å². The molecule has 0 radical (unpaired) electrons. The number of rotatable bonds is 5. The Kier molecular flexibility index (Phi) is 5.98. The van der Waals surface area contributed by atoms with E-state index in [2.05, 4.69) is 20.4 Å². The molecule has 1 aromatic carbocycles. The second-order valence-electron chi connectivity index (χ2n) is 8.53. The first-order chi connectivity index (χ1) is 15.7. The van der Waals surface area contributed by atoms with Crippen molar-refractivity contribution < 1.29 is 13.6 Å². The molecule has 1 saturated carbocycles. The Labute approximate surface area is 186 Å². The van der Waals surface area contributed by atoms with Gasteiger partial charge in [0, 0.05) is 26.2 Å². The summed E-state index contributed by atoms with van der Waals surface area (Å²) in [5, 5.41) is 12.8. The van der Waals surface area contributed by atoms with Crippen LogP contribution in [0.4, 0.5) is 4.39 Å². The van der Waals surface area contributed by atoms with Crippen molar-refractivity contribution in [2.45, 2.75) is 44.2 Å². The molecule has 2 aromatic heterocycles. The third kappa shape index (κ3) is 4.17. The van der Waals surface area contributed by atoms with Crippen LogP contribution in [0.3, 0.4) is 0 Å². The standard InChI is InChI=1S/C23H27FN6O2/c24-18-10-8-17(9-11-18)21(22-25-26-27-30(22)19-5-2-1-3-6-19)28-12-14-29(15-13-28)23(31)20-7-4-16-32-20/h4,7-11,16,19,21H,1-3,5-6,12-15H2. The lowest BCUT2D eigenvalue weighted by molar-refractivity contribution is 0.0557. The molecule has 0 bridgehead atoms. The van der Waals surface area contributed by atoms with E-state index in [1.54, 1.807) is 29.2 Å². The molecule has 1 aliphatic carbocycles. The number of hydrogen-bond donors (Lipinski definition) is 0. The highest BCUT2D eigenvalue weighted by atomic mass is 19.1. The molecule has 9 heteroatoms. The molecule has 2 aliphatic rings. The van der Waals surface area contributed by atoms with Gasteiger partial charge >= 0.3 is 0 Å². The van der Waals surface area contributed by atoms with Crippen LogP contribution in [0, 0.1) is 5.82 Å². The molecule has 2 fully saturated rings. The summed E-state index contributed by atoms with van der Waals surface area (Å²) in [5.74, 6) is 0.775. The number of amides is 1. The molecule has 3 aromatic rings. The minimum absolute atomic E-state index is 0.0972. The Morgan fingerprint density at radius 3 is 2.47 bits per heavy atom. The molecule has 32 heavy (non-hydrogen) atoms. The van der Waals surface area contributed by atoms with E-state index in [0.29, 0.717) is 38.0 Å². The minimum Gasteiger partial charge on any atom is -0.459 e. The summed E-state index contributed by atoms with van der Waals surface area (Å²) in [5.41, 5.74) is 0.948. The fourth-order valence-corrected chi connectivity index (χ4v) is 4.87. The Morgan fingerprint density at radius 1 is 1.03 bits per heavy atom. The average Bonchev–Trinajstić information content (AvgIpc) is 3.54. The second kappa shape index (κ2) is 9.20. The smallest absolute Gasteiger partial charge is 0.289 e. The van der Waals surface area contributed by atoms with Gasteiger partial charge in [0.15, 0.2) is 11.6 Å². The number of halogens is 1. The first-order valence-electron chi connectivity index (χ1n) is 11.3. The zero-order chi connectivity index (χ0) is 21.9. The van der Waals surface area contributed by atoms with Gasteiger partial charge in [0.1, 0.15) is 5.82 Å². The fraction of sp³-hybridized carbons (Fsp3) is 0.478. The van der Waals surface area contributed by atoms with Crippen LogP contribution < -0.4 is 0 Å². The first kappa shape index (κ1) is 20.8. The van der Waals surface area contributed by atoms with Gasteiger partial charge in [0.05, 0.1) is 18.3 Å². The van der Waals surface area contributed by atoms with Crippen molar-refractivity contribution in [3.8, 4) is 0 Å². The predicted molar refractivity (Wildman–Crippen MR) is 114 cm³/mol. The van der Waals surface area contributed by atoms with Gasteiger partial charge in [-0.2, -0.15) is 0 Å². The highest BCUT2D eigenvalue weighted by molar-refractivity contribution is 5.91. The molecule has 0 N–H and O–H groups in total. The number of piperazine rings is 1. The maximum absolute atomic E-state index is 13.7. The monoisotopic (exact) mass is 438 g/mol. The average molecular weight is 439 g/mol. The van der Waals surface area contributed by atoms with Crippen molar-refractivity contribution in [1.29, 1.82) is 0 Å². The molecule has 0 spiro atoms.